The molecular weight excluding hydrogens is 472 g/mol. The first-order valence-electron chi connectivity index (χ1n) is 11.9. The lowest BCUT2D eigenvalue weighted by atomic mass is 9.92. The van der Waals surface area contributed by atoms with Crippen molar-refractivity contribution in [1.82, 2.24) is 10.2 Å². The Morgan fingerprint density at radius 1 is 1.29 bits per heavy atom. The van der Waals surface area contributed by atoms with Gasteiger partial charge in [-0.1, -0.05) is 26.0 Å². The molecule has 1 saturated heterocycles. The number of carboxylic acids is 1. The molecule has 1 aromatic carbocycles. The minimum absolute atomic E-state index is 0.0330. The topological polar surface area (TPSA) is 192 Å². The van der Waals surface area contributed by atoms with E-state index in [-0.39, 0.29) is 42.6 Å². The number of aliphatic carboxylic acids is 1. The minimum Gasteiger partial charge on any atom is -0.480 e. The maximum Gasteiger partial charge on any atom is 0.326 e. The molecule has 35 heavy (non-hydrogen) atoms. The van der Waals surface area contributed by atoms with Crippen molar-refractivity contribution in [2.75, 3.05) is 18.4 Å². The summed E-state index contributed by atoms with van der Waals surface area (Å²) in [6.45, 7) is 4.76. The molecule has 2 aliphatic heterocycles. The van der Waals surface area contributed by atoms with Crippen LogP contribution in [0.15, 0.2) is 23.1 Å². The number of carbonyl (C=O) groups excluding carboxylic acids is 1. The highest BCUT2D eigenvalue weighted by molar-refractivity contribution is 7.93. The van der Waals surface area contributed by atoms with E-state index in [0.717, 1.165) is 5.56 Å². The molecule has 2 aliphatic rings. The molecule has 0 radical (unpaired) electrons. The summed E-state index contributed by atoms with van der Waals surface area (Å²) in [5, 5.41) is 21.3. The molecule has 12 heteroatoms. The van der Waals surface area contributed by atoms with E-state index in [1.54, 1.807) is 6.07 Å². The van der Waals surface area contributed by atoms with Crippen LogP contribution in [-0.2, 0) is 25.8 Å². The van der Waals surface area contributed by atoms with E-state index in [4.69, 9.17) is 16.9 Å². The average molecular weight is 509 g/mol. The fraction of sp³-hybridized carbons (Fsp3) is 0.609. The quantitative estimate of drug-likeness (QED) is 0.166. The number of nitrogens with zero attached hydrogens (tertiary/aromatic N) is 1. The van der Waals surface area contributed by atoms with Gasteiger partial charge in [0.05, 0.1) is 16.7 Å². The molecule has 0 saturated carbocycles. The van der Waals surface area contributed by atoms with Gasteiger partial charge in [-0.3, -0.25) is 10.2 Å². The molecule has 11 nitrogen and oxygen atoms in total. The summed E-state index contributed by atoms with van der Waals surface area (Å²) in [4.78, 5) is 26.9. The number of nitrogens with one attached hydrogen (secondary N) is 3. The Balaban J connectivity index is 2.00. The third-order valence-corrected chi connectivity index (χ3v) is 8.92. The maximum absolute atomic E-state index is 14.0. The third-order valence-electron chi connectivity index (χ3n) is 6.78. The monoisotopic (exact) mass is 508 g/mol. The molecule has 194 valence electrons. The van der Waals surface area contributed by atoms with Crippen LogP contribution in [0.2, 0.25) is 0 Å². The van der Waals surface area contributed by atoms with E-state index in [1.807, 2.05) is 13.0 Å². The number of carbonyl (C=O) groups is 2. The van der Waals surface area contributed by atoms with Gasteiger partial charge in [-0.2, -0.15) is 0 Å². The summed E-state index contributed by atoms with van der Waals surface area (Å²) in [6.07, 6.45) is 0.617. The van der Waals surface area contributed by atoms with Gasteiger partial charge in [-0.05, 0) is 55.6 Å². The molecular formula is C23H36N6O5S. The lowest BCUT2D eigenvalue weighted by Crippen LogP contribution is -2.54. The number of sulfone groups is 1. The number of hydrogen-bond acceptors (Lipinski definition) is 7. The first-order chi connectivity index (χ1) is 16.4. The van der Waals surface area contributed by atoms with Gasteiger partial charge < -0.3 is 32.1 Å². The van der Waals surface area contributed by atoms with Crippen LogP contribution in [0.1, 0.15) is 45.1 Å². The van der Waals surface area contributed by atoms with Crippen molar-refractivity contribution >= 4 is 33.4 Å². The fourth-order valence-electron chi connectivity index (χ4n) is 4.90. The molecule has 0 spiro atoms. The fourth-order valence-corrected chi connectivity index (χ4v) is 6.81. The summed E-state index contributed by atoms with van der Waals surface area (Å²) in [5.41, 5.74) is 12.6. The van der Waals surface area contributed by atoms with Crippen molar-refractivity contribution in [2.24, 2.45) is 23.3 Å². The van der Waals surface area contributed by atoms with Gasteiger partial charge in [-0.15, -0.1) is 0 Å². The number of anilines is 1. The van der Waals surface area contributed by atoms with Crippen LogP contribution >= 0.6 is 0 Å². The van der Waals surface area contributed by atoms with E-state index in [9.17, 15) is 23.1 Å². The maximum atomic E-state index is 14.0. The predicted octanol–water partition coefficient (Wildman–Crippen LogP) is 0.693. The second-order valence-corrected chi connectivity index (χ2v) is 11.9. The Morgan fingerprint density at radius 3 is 2.66 bits per heavy atom. The Labute approximate surface area is 206 Å². The number of likely N-dealkylation sites (tertiary alicyclic amines) is 1. The van der Waals surface area contributed by atoms with Gasteiger partial charge in [0.25, 0.3) is 0 Å². The SMILES string of the molecule is C[C@@H]1CNc2c(cccc2S(=O)(=O)[C@@H](CCC(N)NC(=N)N)C(=O)N2CC[C@@H](C)C[C@@H]2C(=O)O)C1. The number of guanidine groups is 1. The highest BCUT2D eigenvalue weighted by atomic mass is 32.2. The summed E-state index contributed by atoms with van der Waals surface area (Å²) in [6, 6.07) is 3.93. The van der Waals surface area contributed by atoms with Gasteiger partial charge in [-0.25, -0.2) is 13.2 Å². The van der Waals surface area contributed by atoms with Crippen LogP contribution in [0.3, 0.4) is 0 Å². The van der Waals surface area contributed by atoms with Gasteiger partial charge >= 0.3 is 5.97 Å². The standard InChI is InChI=1S/C23H36N6O5S/c1-13-8-9-29(16(11-13)22(31)32)21(30)18(6-7-19(24)28-23(25)26)35(33,34)17-5-3-4-15-10-14(2)12-27-20(15)17/h3-5,13-14,16,18-19,27H,6-12,24H2,1-2H3,(H,31,32)(H4,25,26,28)/t13-,14+,16-,18+,19?/m1/s1. The van der Waals surface area contributed by atoms with Crippen molar-refractivity contribution < 1.29 is 23.1 Å². The molecule has 5 atom stereocenters. The first kappa shape index (κ1) is 26.7. The van der Waals surface area contributed by atoms with E-state index in [0.29, 0.717) is 31.0 Å². The lowest BCUT2D eigenvalue weighted by Gasteiger charge is -2.38. The molecule has 1 fully saturated rings. The van der Waals surface area contributed by atoms with E-state index in [1.165, 1.54) is 11.0 Å². The number of piperidine rings is 1. The normalized spacial score (nSPS) is 24.0. The molecule has 0 aromatic heterocycles. The van der Waals surface area contributed by atoms with Crippen LogP contribution in [0.4, 0.5) is 5.69 Å². The molecule has 1 unspecified atom stereocenters. The van der Waals surface area contributed by atoms with Crippen LogP contribution < -0.4 is 22.1 Å². The van der Waals surface area contributed by atoms with Crippen molar-refractivity contribution in [3.05, 3.63) is 23.8 Å². The van der Waals surface area contributed by atoms with E-state index >= 15 is 0 Å². The molecule has 3 rings (SSSR count). The molecule has 8 N–H and O–H groups in total. The zero-order valence-corrected chi connectivity index (χ0v) is 21.0. The molecule has 0 aliphatic carbocycles. The number of hydrogen-bond donors (Lipinski definition) is 6. The summed E-state index contributed by atoms with van der Waals surface area (Å²) < 4.78 is 28.0. The van der Waals surface area contributed by atoms with Crippen LogP contribution in [0.5, 0.6) is 0 Å². The van der Waals surface area contributed by atoms with Crippen LogP contribution in [0, 0.1) is 17.2 Å². The zero-order chi connectivity index (χ0) is 25.9. The van der Waals surface area contributed by atoms with Crippen LogP contribution in [-0.4, -0.2) is 66.8 Å². The number of carboxylic acid groups (broad SMARTS) is 1. The Hall–Kier alpha value is -2.86. The van der Waals surface area contributed by atoms with Crippen LogP contribution in [0.25, 0.3) is 0 Å². The first-order valence-corrected chi connectivity index (χ1v) is 13.5. The Bertz CT molecular complexity index is 1080. The van der Waals surface area contributed by atoms with Crippen molar-refractivity contribution in [1.29, 1.82) is 5.41 Å². The summed E-state index contributed by atoms with van der Waals surface area (Å²) in [7, 11) is -4.21. The smallest absolute Gasteiger partial charge is 0.326 e. The van der Waals surface area contributed by atoms with E-state index < -0.39 is 39.2 Å². The van der Waals surface area contributed by atoms with Gasteiger partial charge in [0.15, 0.2) is 15.8 Å². The van der Waals surface area contributed by atoms with Gasteiger partial charge in [0.1, 0.15) is 11.3 Å². The number of fused-ring (bicyclic) bond motifs is 1. The Morgan fingerprint density at radius 2 is 2.00 bits per heavy atom. The molecule has 2 heterocycles. The number of rotatable bonds is 8. The number of nitrogens with two attached hydrogens (primary N) is 2. The Kier molecular flexibility index (Phi) is 8.26. The van der Waals surface area contributed by atoms with Crippen molar-refractivity contribution in [3.8, 4) is 0 Å². The average Bonchev–Trinajstić information content (AvgIpc) is 2.77. The van der Waals surface area contributed by atoms with Gasteiger partial charge in [0, 0.05) is 13.1 Å². The van der Waals surface area contributed by atoms with Crippen molar-refractivity contribution in [2.45, 2.75) is 68.3 Å². The third kappa shape index (κ3) is 6.04. The summed E-state index contributed by atoms with van der Waals surface area (Å²) in [5.74, 6) is -1.81. The summed E-state index contributed by atoms with van der Waals surface area (Å²) >= 11 is 0. The number of para-hydroxylation sites is 1. The minimum atomic E-state index is -4.21. The highest BCUT2D eigenvalue weighted by Gasteiger charge is 2.43. The van der Waals surface area contributed by atoms with E-state index in [2.05, 4.69) is 17.6 Å². The van der Waals surface area contributed by atoms with Gasteiger partial charge in [0.2, 0.25) is 5.91 Å². The largest absolute Gasteiger partial charge is 0.480 e. The number of amides is 1. The zero-order valence-electron chi connectivity index (χ0n) is 20.2. The molecule has 1 aromatic rings. The van der Waals surface area contributed by atoms with Crippen molar-refractivity contribution in [3.63, 3.8) is 0 Å². The molecule has 1 amide bonds. The molecule has 0 bridgehead atoms. The number of benzene rings is 1. The second kappa shape index (κ2) is 10.8. The second-order valence-electron chi connectivity index (χ2n) is 9.77. The predicted molar refractivity (Wildman–Crippen MR) is 133 cm³/mol. The highest BCUT2D eigenvalue weighted by Crippen LogP contribution is 2.35. The lowest BCUT2D eigenvalue weighted by molar-refractivity contribution is -0.152.